The van der Waals surface area contributed by atoms with Gasteiger partial charge in [-0.1, -0.05) is 20.8 Å². The molecule has 2 nitrogen and oxygen atoms in total. The molecule has 0 spiro atoms. The SMILES string of the molecule is CC(C)[C@@H]1CC[C@H](C)c2cc(O)c(C=O)cc21. The monoisotopic (exact) mass is 232 g/mol. The third-order valence-electron chi connectivity index (χ3n) is 4.01. The second kappa shape index (κ2) is 4.52. The van der Waals surface area contributed by atoms with Crippen LogP contribution in [-0.2, 0) is 0 Å². The first-order valence-corrected chi connectivity index (χ1v) is 6.36. The minimum atomic E-state index is 0.120. The normalized spacial score (nSPS) is 23.5. The second-order valence-electron chi connectivity index (χ2n) is 5.49. The Balaban J connectivity index is 2.56. The lowest BCUT2D eigenvalue weighted by atomic mass is 9.72. The fourth-order valence-corrected chi connectivity index (χ4v) is 2.91. The van der Waals surface area contributed by atoms with Crippen molar-refractivity contribution in [2.45, 2.75) is 45.4 Å². The fraction of sp³-hybridized carbons (Fsp3) is 0.533. The molecule has 2 atom stereocenters. The maximum atomic E-state index is 10.9. The van der Waals surface area contributed by atoms with E-state index in [1.54, 1.807) is 6.07 Å². The molecule has 0 bridgehead atoms. The molecule has 92 valence electrons. The summed E-state index contributed by atoms with van der Waals surface area (Å²) in [6.07, 6.45) is 3.08. The highest BCUT2D eigenvalue weighted by atomic mass is 16.3. The van der Waals surface area contributed by atoms with Gasteiger partial charge in [0.15, 0.2) is 6.29 Å². The van der Waals surface area contributed by atoms with Crippen LogP contribution in [0.25, 0.3) is 0 Å². The van der Waals surface area contributed by atoms with E-state index >= 15 is 0 Å². The number of aldehydes is 1. The number of fused-ring (bicyclic) bond motifs is 1. The third kappa shape index (κ3) is 2.08. The van der Waals surface area contributed by atoms with Crippen molar-refractivity contribution in [1.29, 1.82) is 0 Å². The first-order valence-electron chi connectivity index (χ1n) is 6.36. The Morgan fingerprint density at radius 1 is 1.29 bits per heavy atom. The van der Waals surface area contributed by atoms with Gasteiger partial charge in [0.05, 0.1) is 5.56 Å². The topological polar surface area (TPSA) is 37.3 Å². The van der Waals surface area contributed by atoms with Gasteiger partial charge in [0.1, 0.15) is 5.75 Å². The summed E-state index contributed by atoms with van der Waals surface area (Å²) in [4.78, 5) is 10.9. The molecule has 0 saturated heterocycles. The Bertz CT molecular complexity index is 435. The molecule has 2 rings (SSSR count). The van der Waals surface area contributed by atoms with E-state index in [2.05, 4.69) is 20.8 Å². The molecule has 0 heterocycles. The molecule has 0 unspecified atom stereocenters. The zero-order valence-electron chi connectivity index (χ0n) is 10.7. The highest BCUT2D eigenvalue weighted by Gasteiger charge is 2.28. The van der Waals surface area contributed by atoms with Crippen molar-refractivity contribution in [3.8, 4) is 5.75 Å². The lowest BCUT2D eigenvalue weighted by molar-refractivity contribution is 0.112. The van der Waals surface area contributed by atoms with Crippen LogP contribution in [0, 0.1) is 5.92 Å². The minimum absolute atomic E-state index is 0.120. The van der Waals surface area contributed by atoms with Gasteiger partial charge in [-0.15, -0.1) is 0 Å². The molecular weight excluding hydrogens is 212 g/mol. The van der Waals surface area contributed by atoms with Crippen molar-refractivity contribution in [3.63, 3.8) is 0 Å². The molecule has 1 aliphatic rings. The largest absolute Gasteiger partial charge is 0.507 e. The fourth-order valence-electron chi connectivity index (χ4n) is 2.91. The van der Waals surface area contributed by atoms with E-state index in [4.69, 9.17) is 0 Å². The molecule has 2 heteroatoms. The van der Waals surface area contributed by atoms with Crippen LogP contribution in [0.15, 0.2) is 12.1 Å². The Kier molecular flexibility index (Phi) is 3.23. The van der Waals surface area contributed by atoms with Crippen LogP contribution < -0.4 is 0 Å². The highest BCUT2D eigenvalue weighted by molar-refractivity contribution is 5.80. The average molecular weight is 232 g/mol. The van der Waals surface area contributed by atoms with Crippen LogP contribution in [0.4, 0.5) is 0 Å². The van der Waals surface area contributed by atoms with Gasteiger partial charge in [-0.25, -0.2) is 0 Å². The molecule has 0 radical (unpaired) electrons. The number of phenols is 1. The molecule has 0 amide bonds. The minimum Gasteiger partial charge on any atom is -0.507 e. The summed E-state index contributed by atoms with van der Waals surface area (Å²) in [5.41, 5.74) is 2.90. The Morgan fingerprint density at radius 2 is 2.00 bits per heavy atom. The molecule has 1 N–H and O–H groups in total. The van der Waals surface area contributed by atoms with E-state index < -0.39 is 0 Å². The van der Waals surface area contributed by atoms with Crippen molar-refractivity contribution < 1.29 is 9.90 Å². The smallest absolute Gasteiger partial charge is 0.153 e. The molecule has 0 saturated carbocycles. The molecule has 0 fully saturated rings. The van der Waals surface area contributed by atoms with E-state index in [0.29, 0.717) is 23.3 Å². The van der Waals surface area contributed by atoms with Crippen molar-refractivity contribution in [2.24, 2.45) is 5.92 Å². The van der Waals surface area contributed by atoms with Crippen LogP contribution >= 0.6 is 0 Å². The van der Waals surface area contributed by atoms with Crippen LogP contribution in [-0.4, -0.2) is 11.4 Å². The van der Waals surface area contributed by atoms with E-state index in [0.717, 1.165) is 12.7 Å². The van der Waals surface area contributed by atoms with Crippen molar-refractivity contribution in [1.82, 2.24) is 0 Å². The second-order valence-corrected chi connectivity index (χ2v) is 5.49. The van der Waals surface area contributed by atoms with Crippen LogP contribution in [0.2, 0.25) is 0 Å². The summed E-state index contributed by atoms with van der Waals surface area (Å²) in [7, 11) is 0. The van der Waals surface area contributed by atoms with Crippen molar-refractivity contribution >= 4 is 6.29 Å². The number of rotatable bonds is 2. The van der Waals surface area contributed by atoms with Gasteiger partial charge in [0.25, 0.3) is 0 Å². The van der Waals surface area contributed by atoms with Gasteiger partial charge in [0, 0.05) is 0 Å². The van der Waals surface area contributed by atoms with Gasteiger partial charge in [-0.2, -0.15) is 0 Å². The van der Waals surface area contributed by atoms with Crippen LogP contribution in [0.1, 0.15) is 66.9 Å². The summed E-state index contributed by atoms with van der Waals surface area (Å²) in [6.45, 7) is 6.63. The zero-order chi connectivity index (χ0) is 12.6. The summed E-state index contributed by atoms with van der Waals surface area (Å²) < 4.78 is 0. The Labute approximate surface area is 103 Å². The molecule has 1 aromatic rings. The number of phenolic OH excluding ortho intramolecular Hbond substituents is 1. The van der Waals surface area contributed by atoms with Crippen molar-refractivity contribution in [3.05, 3.63) is 28.8 Å². The maximum Gasteiger partial charge on any atom is 0.153 e. The highest BCUT2D eigenvalue weighted by Crippen LogP contribution is 2.43. The predicted molar refractivity (Wildman–Crippen MR) is 68.7 cm³/mol. The first-order chi connectivity index (χ1) is 8.04. The third-order valence-corrected chi connectivity index (χ3v) is 4.01. The van der Waals surface area contributed by atoms with Gasteiger partial charge in [-0.3, -0.25) is 4.79 Å². The molecular formula is C15H20O2. The number of aromatic hydroxyl groups is 1. The standard InChI is InChI=1S/C15H20O2/c1-9(2)12-5-4-10(3)13-7-15(17)11(8-16)6-14(12)13/h6-10,12,17H,4-5H2,1-3H3/t10-,12-/m0/s1. The molecule has 1 aromatic carbocycles. The summed E-state index contributed by atoms with van der Waals surface area (Å²) in [5, 5.41) is 9.78. The van der Waals surface area contributed by atoms with Gasteiger partial charge in [0.2, 0.25) is 0 Å². The number of carbonyl (C=O) groups is 1. The van der Waals surface area contributed by atoms with E-state index in [1.165, 1.54) is 17.5 Å². The van der Waals surface area contributed by atoms with E-state index in [-0.39, 0.29) is 5.75 Å². The maximum absolute atomic E-state index is 10.9. The molecule has 0 aromatic heterocycles. The predicted octanol–water partition coefficient (Wildman–Crippen LogP) is 3.84. The first kappa shape index (κ1) is 12.2. The number of hydrogen-bond acceptors (Lipinski definition) is 2. The van der Waals surface area contributed by atoms with Gasteiger partial charge in [-0.05, 0) is 53.9 Å². The number of hydrogen-bond donors (Lipinski definition) is 1. The van der Waals surface area contributed by atoms with E-state index in [1.807, 2.05) is 6.07 Å². The lowest BCUT2D eigenvalue weighted by Crippen LogP contribution is -2.17. The molecule has 0 aliphatic heterocycles. The van der Waals surface area contributed by atoms with Crippen LogP contribution in [0.5, 0.6) is 5.75 Å². The van der Waals surface area contributed by atoms with Gasteiger partial charge >= 0.3 is 0 Å². The van der Waals surface area contributed by atoms with Crippen LogP contribution in [0.3, 0.4) is 0 Å². The van der Waals surface area contributed by atoms with Gasteiger partial charge < -0.3 is 5.11 Å². The quantitative estimate of drug-likeness (QED) is 0.786. The summed E-state index contributed by atoms with van der Waals surface area (Å²) in [6, 6.07) is 3.68. The Hall–Kier alpha value is -1.31. The average Bonchev–Trinajstić information content (AvgIpc) is 2.29. The zero-order valence-corrected chi connectivity index (χ0v) is 10.7. The molecule has 17 heavy (non-hydrogen) atoms. The lowest BCUT2D eigenvalue weighted by Gasteiger charge is -2.32. The summed E-state index contributed by atoms with van der Waals surface area (Å²) >= 11 is 0. The summed E-state index contributed by atoms with van der Waals surface area (Å²) in [5.74, 6) is 1.69. The molecule has 1 aliphatic carbocycles. The number of carbonyl (C=O) groups excluding carboxylic acids is 1. The Morgan fingerprint density at radius 3 is 2.59 bits per heavy atom. The van der Waals surface area contributed by atoms with Crippen molar-refractivity contribution in [2.75, 3.05) is 0 Å². The number of benzene rings is 1. The van der Waals surface area contributed by atoms with E-state index in [9.17, 15) is 9.90 Å².